The lowest BCUT2D eigenvalue weighted by Crippen LogP contribution is -1.89. The van der Waals surface area contributed by atoms with Gasteiger partial charge in [0.25, 0.3) is 0 Å². The second-order valence-corrected chi connectivity index (χ2v) is 4.60. The third-order valence-electron chi connectivity index (χ3n) is 2.05. The van der Waals surface area contributed by atoms with E-state index in [1.54, 1.807) is 10.0 Å². The van der Waals surface area contributed by atoms with Gasteiger partial charge in [0, 0.05) is 10.0 Å². The van der Waals surface area contributed by atoms with Gasteiger partial charge in [0.1, 0.15) is 5.51 Å². The monoisotopic (exact) mass is 280 g/mol. The van der Waals surface area contributed by atoms with Gasteiger partial charge in [-0.3, -0.25) is 0 Å². The van der Waals surface area contributed by atoms with Crippen LogP contribution in [-0.4, -0.2) is 19.8 Å². The van der Waals surface area contributed by atoms with Crippen LogP contribution in [0.25, 0.3) is 16.3 Å². The summed E-state index contributed by atoms with van der Waals surface area (Å²) in [5.41, 5.74) is 2.75. The van der Waals surface area contributed by atoms with Gasteiger partial charge in [0.15, 0.2) is 5.82 Å². The first-order valence-corrected chi connectivity index (χ1v) is 5.93. The van der Waals surface area contributed by atoms with Gasteiger partial charge in [-0.2, -0.15) is 9.61 Å². The molecular weight excluding hydrogens is 276 g/mol. The van der Waals surface area contributed by atoms with Crippen molar-refractivity contribution < 1.29 is 0 Å². The molecule has 3 aromatic rings. The molecule has 74 valence electrons. The van der Waals surface area contributed by atoms with E-state index in [0.29, 0.717) is 0 Å². The van der Waals surface area contributed by atoms with Crippen LogP contribution in [-0.2, 0) is 0 Å². The Morgan fingerprint density at radius 2 is 2.07 bits per heavy atom. The number of hydrogen-bond acceptors (Lipinski definition) is 4. The van der Waals surface area contributed by atoms with Gasteiger partial charge in [0.2, 0.25) is 4.96 Å². The van der Waals surface area contributed by atoms with E-state index in [9.17, 15) is 0 Å². The van der Waals surface area contributed by atoms with Crippen LogP contribution >= 0.6 is 27.3 Å². The van der Waals surface area contributed by atoms with E-state index in [1.165, 1.54) is 11.3 Å². The molecule has 0 N–H and O–H groups in total. The minimum atomic E-state index is 0.763. The highest BCUT2D eigenvalue weighted by molar-refractivity contribution is 9.10. The van der Waals surface area contributed by atoms with Crippen molar-refractivity contribution in [2.75, 3.05) is 0 Å². The fourth-order valence-electron chi connectivity index (χ4n) is 1.37. The van der Waals surface area contributed by atoms with Gasteiger partial charge in [0.05, 0.1) is 0 Å². The molecule has 6 heteroatoms. The van der Waals surface area contributed by atoms with Crippen LogP contribution in [0.1, 0.15) is 0 Å². The van der Waals surface area contributed by atoms with Crippen LogP contribution in [0.4, 0.5) is 0 Å². The highest BCUT2D eigenvalue weighted by atomic mass is 79.9. The Hall–Kier alpha value is -1.27. The molecule has 0 aliphatic heterocycles. The Balaban J connectivity index is 2.31. The Morgan fingerprint density at radius 1 is 1.20 bits per heavy atom. The summed E-state index contributed by atoms with van der Waals surface area (Å²) < 4.78 is 2.73. The molecule has 0 amide bonds. The van der Waals surface area contributed by atoms with Gasteiger partial charge < -0.3 is 0 Å². The number of aromatic nitrogens is 4. The summed E-state index contributed by atoms with van der Waals surface area (Å²) in [4.78, 5) is 0.806. The standard InChI is InChI=1S/C9H5BrN4S/c10-7-4-2-1-3-6(7)8-12-13-9-14(8)11-5-15-9/h1-5H. The maximum absolute atomic E-state index is 4.19. The van der Waals surface area contributed by atoms with Crippen molar-refractivity contribution in [1.29, 1.82) is 0 Å². The van der Waals surface area contributed by atoms with Crippen LogP contribution in [0, 0.1) is 0 Å². The summed E-state index contributed by atoms with van der Waals surface area (Å²) in [6.07, 6.45) is 0. The van der Waals surface area contributed by atoms with E-state index in [4.69, 9.17) is 0 Å². The lowest BCUT2D eigenvalue weighted by atomic mass is 10.2. The zero-order valence-corrected chi connectivity index (χ0v) is 9.86. The van der Waals surface area contributed by atoms with E-state index in [1.807, 2.05) is 24.3 Å². The average molecular weight is 281 g/mol. The number of nitrogens with zero attached hydrogens (tertiary/aromatic N) is 4. The van der Waals surface area contributed by atoms with Crippen LogP contribution in [0.5, 0.6) is 0 Å². The first-order chi connectivity index (χ1) is 7.36. The Kier molecular flexibility index (Phi) is 2.03. The molecule has 0 unspecified atom stereocenters. The number of fused-ring (bicyclic) bond motifs is 1. The van der Waals surface area contributed by atoms with Crippen LogP contribution in [0.3, 0.4) is 0 Å². The van der Waals surface area contributed by atoms with Crippen LogP contribution in [0.15, 0.2) is 34.2 Å². The Bertz CT molecular complexity index is 615. The second kappa shape index (κ2) is 3.39. The number of halogens is 1. The fraction of sp³-hybridized carbons (Fsp3) is 0. The highest BCUT2D eigenvalue weighted by Gasteiger charge is 2.11. The molecule has 0 aliphatic carbocycles. The van der Waals surface area contributed by atoms with Crippen molar-refractivity contribution in [3.05, 3.63) is 34.2 Å². The summed E-state index contributed by atoms with van der Waals surface area (Å²) >= 11 is 4.96. The first-order valence-electron chi connectivity index (χ1n) is 4.26. The van der Waals surface area contributed by atoms with E-state index in [0.717, 1.165) is 20.8 Å². The predicted octanol–water partition coefficient (Wildman–Crippen LogP) is 2.62. The van der Waals surface area contributed by atoms with Gasteiger partial charge in [-0.15, -0.1) is 10.2 Å². The molecule has 1 aromatic carbocycles. The normalized spacial score (nSPS) is 11.0. The zero-order chi connectivity index (χ0) is 10.3. The SMILES string of the molecule is Brc1ccccc1-c1nnc2scnn12. The molecule has 0 aliphatic rings. The van der Waals surface area contributed by atoms with Gasteiger partial charge in [-0.25, -0.2) is 0 Å². The molecular formula is C9H5BrN4S. The van der Waals surface area contributed by atoms with Crippen molar-refractivity contribution in [3.63, 3.8) is 0 Å². The Labute approximate surface area is 97.7 Å². The van der Waals surface area contributed by atoms with Crippen molar-refractivity contribution in [2.45, 2.75) is 0 Å². The van der Waals surface area contributed by atoms with Crippen molar-refractivity contribution in [1.82, 2.24) is 19.8 Å². The van der Waals surface area contributed by atoms with Gasteiger partial charge >= 0.3 is 0 Å². The summed E-state index contributed by atoms with van der Waals surface area (Å²) in [6, 6.07) is 7.89. The van der Waals surface area contributed by atoms with Crippen LogP contribution < -0.4 is 0 Å². The molecule has 3 rings (SSSR count). The van der Waals surface area contributed by atoms with E-state index in [-0.39, 0.29) is 0 Å². The minimum Gasteiger partial charge on any atom is -0.183 e. The van der Waals surface area contributed by atoms with Gasteiger partial charge in [-0.05, 0) is 12.1 Å². The van der Waals surface area contributed by atoms with Crippen LogP contribution in [0.2, 0.25) is 0 Å². The summed E-state index contributed by atoms with van der Waals surface area (Å²) in [7, 11) is 0. The molecule has 2 aromatic heterocycles. The fourth-order valence-corrected chi connectivity index (χ4v) is 2.39. The molecule has 0 atom stereocenters. The summed E-state index contributed by atoms with van der Waals surface area (Å²) in [6.45, 7) is 0. The highest BCUT2D eigenvalue weighted by Crippen LogP contribution is 2.26. The number of rotatable bonds is 1. The molecule has 0 bridgehead atoms. The molecule has 2 heterocycles. The second-order valence-electron chi connectivity index (χ2n) is 2.94. The van der Waals surface area contributed by atoms with Crippen molar-refractivity contribution in [3.8, 4) is 11.4 Å². The third kappa shape index (κ3) is 1.37. The molecule has 15 heavy (non-hydrogen) atoms. The smallest absolute Gasteiger partial charge is 0.183 e. The zero-order valence-electron chi connectivity index (χ0n) is 7.46. The minimum absolute atomic E-state index is 0.763. The lowest BCUT2D eigenvalue weighted by molar-refractivity contribution is 0.965. The molecule has 0 radical (unpaired) electrons. The first kappa shape index (κ1) is 8.99. The lowest BCUT2D eigenvalue weighted by Gasteiger charge is -1.98. The molecule has 0 fully saturated rings. The van der Waals surface area contributed by atoms with E-state index in [2.05, 4.69) is 31.2 Å². The van der Waals surface area contributed by atoms with Crippen molar-refractivity contribution in [2.24, 2.45) is 0 Å². The summed E-state index contributed by atoms with van der Waals surface area (Å²) in [5.74, 6) is 0.763. The largest absolute Gasteiger partial charge is 0.234 e. The third-order valence-corrected chi connectivity index (χ3v) is 3.40. The Morgan fingerprint density at radius 3 is 2.93 bits per heavy atom. The average Bonchev–Trinajstić information content (AvgIpc) is 2.80. The van der Waals surface area contributed by atoms with Crippen molar-refractivity contribution >= 4 is 32.2 Å². The summed E-state index contributed by atoms with van der Waals surface area (Å²) in [5, 5.41) is 12.3. The van der Waals surface area contributed by atoms with E-state index >= 15 is 0 Å². The molecule has 0 saturated heterocycles. The molecule has 4 nitrogen and oxygen atoms in total. The van der Waals surface area contributed by atoms with E-state index < -0.39 is 0 Å². The maximum atomic E-state index is 4.19. The molecule has 0 saturated carbocycles. The predicted molar refractivity (Wildman–Crippen MR) is 61.8 cm³/mol. The maximum Gasteiger partial charge on any atom is 0.234 e. The number of hydrogen-bond donors (Lipinski definition) is 0. The topological polar surface area (TPSA) is 43.1 Å². The number of benzene rings is 1. The quantitative estimate of drug-likeness (QED) is 0.688. The van der Waals surface area contributed by atoms with Gasteiger partial charge in [-0.1, -0.05) is 39.4 Å². The molecule has 0 spiro atoms.